The fourth-order valence-electron chi connectivity index (χ4n) is 8.96. The summed E-state index contributed by atoms with van der Waals surface area (Å²) in [6, 6.07) is 47.1. The first kappa shape index (κ1) is 41.5. The van der Waals surface area contributed by atoms with Crippen molar-refractivity contribution in [2.24, 2.45) is 0 Å². The lowest BCUT2D eigenvalue weighted by Crippen LogP contribution is -2.57. The molecule has 1 aliphatic rings. The average molecular weight is 828 g/mol. The van der Waals surface area contributed by atoms with Crippen LogP contribution in [0.15, 0.2) is 140 Å². The Morgan fingerprint density at radius 2 is 1.34 bits per heavy atom. The fraction of sp³-hybridized carbons (Fsp3) is 0.260. The molecule has 8 rings (SSSR count). The van der Waals surface area contributed by atoms with Crippen molar-refractivity contribution in [1.82, 2.24) is 34.7 Å². The van der Waals surface area contributed by atoms with E-state index in [0.29, 0.717) is 30.1 Å². The van der Waals surface area contributed by atoms with Gasteiger partial charge in [-0.3, -0.25) is 14.2 Å². The number of amides is 1. The highest BCUT2D eigenvalue weighted by Crippen LogP contribution is 2.44. The van der Waals surface area contributed by atoms with Crippen molar-refractivity contribution in [2.45, 2.75) is 64.0 Å². The number of aryl methyl sites for hydroxylation is 1. The molecule has 62 heavy (non-hydrogen) atoms. The van der Waals surface area contributed by atoms with Crippen molar-refractivity contribution in [1.29, 1.82) is 0 Å². The molecule has 12 nitrogen and oxygen atoms in total. The van der Waals surface area contributed by atoms with Crippen LogP contribution in [-0.2, 0) is 47.8 Å². The number of fused-ring (bicyclic) bond motifs is 1. The Bertz CT molecular complexity index is 2580. The van der Waals surface area contributed by atoms with Gasteiger partial charge in [-0.15, -0.1) is 5.10 Å². The monoisotopic (exact) mass is 827 g/mol. The molecule has 1 amide bonds. The summed E-state index contributed by atoms with van der Waals surface area (Å²) >= 11 is 0. The first-order chi connectivity index (χ1) is 30.3. The lowest BCUT2D eigenvalue weighted by molar-refractivity contribution is -0.165. The number of ether oxygens (including phenoxy) is 2. The summed E-state index contributed by atoms with van der Waals surface area (Å²) in [5.41, 5.74) is 5.15. The largest absolute Gasteiger partial charge is 0.467 e. The van der Waals surface area contributed by atoms with Crippen LogP contribution in [0, 0.1) is 0 Å². The molecule has 0 saturated carbocycles. The zero-order chi connectivity index (χ0) is 43.3. The molecule has 0 N–H and O–H groups in total. The number of rotatable bonds is 14. The van der Waals surface area contributed by atoms with Crippen molar-refractivity contribution < 1.29 is 23.9 Å². The summed E-state index contributed by atoms with van der Waals surface area (Å²) in [5, 5.41) is 13.9. The van der Waals surface area contributed by atoms with E-state index in [1.165, 1.54) is 12.0 Å². The Morgan fingerprint density at radius 1 is 0.758 bits per heavy atom. The Balaban J connectivity index is 1.26. The lowest BCUT2D eigenvalue weighted by Gasteiger charge is -2.42. The molecule has 1 atom stereocenters. The maximum absolute atomic E-state index is 14.0. The van der Waals surface area contributed by atoms with Crippen LogP contribution in [0.5, 0.6) is 0 Å². The van der Waals surface area contributed by atoms with Gasteiger partial charge >= 0.3 is 11.9 Å². The van der Waals surface area contributed by atoms with E-state index >= 15 is 0 Å². The number of methoxy groups -OCH3 is 1. The highest BCUT2D eigenvalue weighted by molar-refractivity contribution is 5.98. The number of unbranched alkanes of at least 4 members (excludes halogenated alkanes) is 1. The number of benzene rings is 5. The minimum Gasteiger partial charge on any atom is -0.467 e. The van der Waals surface area contributed by atoms with E-state index in [-0.39, 0.29) is 13.2 Å². The van der Waals surface area contributed by atoms with Crippen LogP contribution in [0.1, 0.15) is 73.9 Å². The van der Waals surface area contributed by atoms with E-state index in [4.69, 9.17) is 24.8 Å². The molecule has 3 heterocycles. The van der Waals surface area contributed by atoms with Gasteiger partial charge in [-0.1, -0.05) is 141 Å². The number of aromatic nitrogens is 6. The van der Waals surface area contributed by atoms with Gasteiger partial charge in [0.25, 0.3) is 0 Å². The van der Waals surface area contributed by atoms with Crippen LogP contribution in [0.2, 0.25) is 0 Å². The maximum atomic E-state index is 14.0. The third-order valence-corrected chi connectivity index (χ3v) is 11.8. The second-order valence-electron chi connectivity index (χ2n) is 15.4. The Kier molecular flexibility index (Phi) is 11.9. The zero-order valence-corrected chi connectivity index (χ0v) is 35.4. The first-order valence-electron chi connectivity index (χ1n) is 21.1. The van der Waals surface area contributed by atoms with Gasteiger partial charge in [-0.05, 0) is 70.6 Å². The van der Waals surface area contributed by atoms with E-state index in [2.05, 4.69) is 54.6 Å². The Morgan fingerprint density at radius 3 is 1.90 bits per heavy atom. The van der Waals surface area contributed by atoms with Crippen LogP contribution in [0.3, 0.4) is 0 Å². The van der Waals surface area contributed by atoms with Crippen LogP contribution < -0.4 is 0 Å². The molecule has 0 saturated heterocycles. The molecule has 5 aromatic carbocycles. The quantitative estimate of drug-likeness (QED) is 0.0606. The standard InChI is InChI=1S/C50H49N7O5/c1-5-7-27-43-51-42-32-33-55(44(58)34-45(59)62-6-2)49(3,48(60)61-4)46(42)56(43)39-30-28-35(29-31-39)40-25-17-18-26-41(40)47-52-53-54-57(47)50(36-19-11-8-12-20-36,37-21-13-9-14-22-37)38-23-15-10-16-24-38/h8-26,28-31H,5-7,27,32-34H2,1-4H3. The Labute approximate surface area is 361 Å². The number of carbonyl (C=O) groups excluding carboxylic acids is 3. The van der Waals surface area contributed by atoms with Gasteiger partial charge in [0.05, 0.1) is 25.1 Å². The van der Waals surface area contributed by atoms with Crippen molar-refractivity contribution in [3.63, 3.8) is 0 Å². The molecule has 0 bridgehead atoms. The molecule has 0 fully saturated rings. The molecule has 0 radical (unpaired) electrons. The Hall–Kier alpha value is -7.21. The van der Waals surface area contributed by atoms with Crippen LogP contribution >= 0.6 is 0 Å². The third-order valence-electron chi connectivity index (χ3n) is 11.8. The van der Waals surface area contributed by atoms with E-state index in [1.807, 2.05) is 106 Å². The van der Waals surface area contributed by atoms with E-state index < -0.39 is 35.3 Å². The molecule has 12 heteroatoms. The van der Waals surface area contributed by atoms with Gasteiger partial charge in [0, 0.05) is 30.6 Å². The molecular weight excluding hydrogens is 779 g/mol. The summed E-state index contributed by atoms with van der Waals surface area (Å²) in [7, 11) is 1.31. The van der Waals surface area contributed by atoms with E-state index in [1.54, 1.807) is 13.8 Å². The van der Waals surface area contributed by atoms with Gasteiger partial charge in [-0.25, -0.2) is 14.5 Å². The number of imidazole rings is 1. The van der Waals surface area contributed by atoms with Gasteiger partial charge in [-0.2, -0.15) is 0 Å². The van der Waals surface area contributed by atoms with Crippen LogP contribution in [0.25, 0.3) is 28.2 Å². The van der Waals surface area contributed by atoms with Gasteiger partial charge < -0.3 is 14.4 Å². The highest BCUT2D eigenvalue weighted by Gasteiger charge is 2.52. The molecule has 0 spiro atoms. The summed E-state index contributed by atoms with van der Waals surface area (Å²) in [4.78, 5) is 46.8. The highest BCUT2D eigenvalue weighted by atomic mass is 16.5. The third kappa shape index (κ3) is 7.25. The number of esters is 2. The predicted molar refractivity (Wildman–Crippen MR) is 235 cm³/mol. The molecule has 314 valence electrons. The minimum atomic E-state index is -1.57. The number of nitrogens with zero attached hydrogens (tertiary/aromatic N) is 7. The molecule has 1 unspecified atom stereocenters. The summed E-state index contributed by atoms with van der Waals surface area (Å²) in [5.74, 6) is -0.440. The number of carbonyl (C=O) groups is 3. The normalized spacial score (nSPS) is 14.9. The van der Waals surface area contributed by atoms with E-state index in [9.17, 15) is 14.4 Å². The zero-order valence-electron chi connectivity index (χ0n) is 35.4. The number of tetrazole rings is 1. The van der Waals surface area contributed by atoms with Gasteiger partial charge in [0.15, 0.2) is 11.4 Å². The van der Waals surface area contributed by atoms with Crippen molar-refractivity contribution in [3.05, 3.63) is 173 Å². The van der Waals surface area contributed by atoms with Gasteiger partial charge in [0.1, 0.15) is 17.8 Å². The smallest absolute Gasteiger partial charge is 0.337 e. The van der Waals surface area contributed by atoms with Crippen molar-refractivity contribution >= 4 is 17.8 Å². The molecular formula is C50H49N7O5. The first-order valence-corrected chi connectivity index (χ1v) is 21.1. The SMILES string of the molecule is CCCCc1nc2c(n1-c1ccc(-c3ccccc3-c3nnnn3C(c3ccccc3)(c3ccccc3)c3ccccc3)cc1)C(C)(C(=O)OC)N(C(=O)CC(=O)OCC)CC2. The minimum absolute atomic E-state index is 0.144. The average Bonchev–Trinajstić information content (AvgIpc) is 3.96. The lowest BCUT2D eigenvalue weighted by atomic mass is 9.77. The molecule has 1 aliphatic heterocycles. The molecule has 2 aromatic heterocycles. The number of hydrogen-bond donors (Lipinski definition) is 0. The second-order valence-corrected chi connectivity index (χ2v) is 15.4. The van der Waals surface area contributed by atoms with Gasteiger partial charge in [0.2, 0.25) is 5.91 Å². The summed E-state index contributed by atoms with van der Waals surface area (Å²) in [6.45, 7) is 5.82. The second kappa shape index (κ2) is 17.8. The fourth-order valence-corrected chi connectivity index (χ4v) is 8.96. The summed E-state index contributed by atoms with van der Waals surface area (Å²) in [6.07, 6.45) is 2.36. The van der Waals surface area contributed by atoms with Crippen molar-refractivity contribution in [3.8, 4) is 28.2 Å². The topological polar surface area (TPSA) is 134 Å². The maximum Gasteiger partial charge on any atom is 0.337 e. The van der Waals surface area contributed by atoms with Crippen LogP contribution in [-0.4, -0.2) is 72.8 Å². The molecule has 0 aliphatic carbocycles. The van der Waals surface area contributed by atoms with E-state index in [0.717, 1.165) is 57.7 Å². The molecule has 7 aromatic rings. The predicted octanol–water partition coefficient (Wildman–Crippen LogP) is 8.10. The van der Waals surface area contributed by atoms with Crippen molar-refractivity contribution in [2.75, 3.05) is 20.3 Å². The summed E-state index contributed by atoms with van der Waals surface area (Å²) < 4.78 is 14.4. The number of hydrogen-bond acceptors (Lipinski definition) is 9. The van der Waals surface area contributed by atoms with Crippen LogP contribution in [0.4, 0.5) is 0 Å².